The van der Waals surface area contributed by atoms with Gasteiger partial charge < -0.3 is 4.74 Å². The summed E-state index contributed by atoms with van der Waals surface area (Å²) < 4.78 is 4.82. The molecule has 0 fully saturated rings. The van der Waals surface area contributed by atoms with Crippen LogP contribution >= 0.6 is 0 Å². The molecule has 0 amide bonds. The highest BCUT2D eigenvalue weighted by molar-refractivity contribution is 6.17. The van der Waals surface area contributed by atoms with E-state index in [1.165, 1.54) is 0 Å². The Labute approximate surface area is 90.5 Å². The number of ketones is 1. The highest BCUT2D eigenvalue weighted by Gasteiger charge is 2.28. The van der Waals surface area contributed by atoms with Crippen LogP contribution in [0.15, 0.2) is 11.6 Å². The number of allylic oxidation sites excluding steroid dienone is 1. The van der Waals surface area contributed by atoms with Gasteiger partial charge in [0.15, 0.2) is 5.78 Å². The number of rotatable bonds is 3. The molecule has 0 aromatic heterocycles. The monoisotopic (exact) mass is 210 g/mol. The molecule has 15 heavy (non-hydrogen) atoms. The first-order chi connectivity index (χ1) is 7.06. The van der Waals surface area contributed by atoms with Gasteiger partial charge in [-0.1, -0.05) is 19.9 Å². The van der Waals surface area contributed by atoms with Crippen LogP contribution in [0.1, 0.15) is 33.6 Å². The topological polar surface area (TPSA) is 43.4 Å². The minimum atomic E-state index is -0.468. The second kappa shape index (κ2) is 5.10. The highest BCUT2D eigenvalue weighted by Crippen LogP contribution is 2.27. The molecule has 1 aliphatic rings. The average molecular weight is 210 g/mol. The molecule has 0 saturated heterocycles. The van der Waals surface area contributed by atoms with Crippen molar-refractivity contribution in [3.63, 3.8) is 0 Å². The van der Waals surface area contributed by atoms with Crippen molar-refractivity contribution in [2.24, 2.45) is 11.8 Å². The molecule has 0 spiro atoms. The number of carbonyl (C=O) groups is 2. The molecule has 0 N–H and O–H groups in total. The normalized spacial score (nSPS) is 21.5. The van der Waals surface area contributed by atoms with E-state index in [2.05, 4.69) is 13.8 Å². The van der Waals surface area contributed by atoms with Gasteiger partial charge in [0.05, 0.1) is 12.2 Å². The summed E-state index contributed by atoms with van der Waals surface area (Å²) in [7, 11) is 0. The predicted octanol–water partition coefficient (Wildman–Crippen LogP) is 2.11. The van der Waals surface area contributed by atoms with Crippen LogP contribution in [0.5, 0.6) is 0 Å². The smallest absolute Gasteiger partial charge is 0.341 e. The summed E-state index contributed by atoms with van der Waals surface area (Å²) in [5.74, 6) is 0.313. The van der Waals surface area contributed by atoms with Crippen LogP contribution in [-0.2, 0) is 14.3 Å². The minimum absolute atomic E-state index is 0.0709. The minimum Gasteiger partial charge on any atom is -0.462 e. The number of ether oxygens (including phenoxy) is 1. The van der Waals surface area contributed by atoms with E-state index in [1.807, 2.05) is 0 Å². The number of hydrogen-bond donors (Lipinski definition) is 0. The molecule has 1 unspecified atom stereocenters. The first-order valence-electron chi connectivity index (χ1n) is 5.46. The second-order valence-electron chi connectivity index (χ2n) is 4.21. The molecule has 1 atom stereocenters. The zero-order valence-electron chi connectivity index (χ0n) is 9.58. The largest absolute Gasteiger partial charge is 0.462 e. The van der Waals surface area contributed by atoms with Crippen molar-refractivity contribution in [2.45, 2.75) is 33.6 Å². The SMILES string of the molecule is CCOC(=O)C1=CCC(C(C)C)CC1=O. The van der Waals surface area contributed by atoms with Gasteiger partial charge >= 0.3 is 5.97 Å². The van der Waals surface area contributed by atoms with E-state index in [1.54, 1.807) is 13.0 Å². The van der Waals surface area contributed by atoms with E-state index >= 15 is 0 Å². The highest BCUT2D eigenvalue weighted by atomic mass is 16.5. The Hall–Kier alpha value is -1.12. The summed E-state index contributed by atoms with van der Waals surface area (Å²) in [4.78, 5) is 23.0. The van der Waals surface area contributed by atoms with Crippen LogP contribution in [0.3, 0.4) is 0 Å². The molecule has 3 heteroatoms. The van der Waals surface area contributed by atoms with Crippen LogP contribution in [0.4, 0.5) is 0 Å². The van der Waals surface area contributed by atoms with Crippen LogP contribution in [0.2, 0.25) is 0 Å². The molecule has 3 nitrogen and oxygen atoms in total. The van der Waals surface area contributed by atoms with Crippen molar-refractivity contribution in [1.29, 1.82) is 0 Å². The molecule has 1 rings (SSSR count). The third-order valence-electron chi connectivity index (χ3n) is 2.81. The molecule has 0 radical (unpaired) electrons. The molecule has 84 valence electrons. The third-order valence-corrected chi connectivity index (χ3v) is 2.81. The van der Waals surface area contributed by atoms with E-state index < -0.39 is 5.97 Å². The summed E-state index contributed by atoms with van der Waals surface area (Å²) in [5.41, 5.74) is 0.244. The van der Waals surface area contributed by atoms with Gasteiger partial charge in [-0.15, -0.1) is 0 Å². The maximum absolute atomic E-state index is 11.7. The molecule has 0 aliphatic heterocycles. The van der Waals surface area contributed by atoms with Crippen molar-refractivity contribution in [3.05, 3.63) is 11.6 Å². The Kier molecular flexibility index (Phi) is 4.06. The second-order valence-corrected chi connectivity index (χ2v) is 4.21. The first-order valence-corrected chi connectivity index (χ1v) is 5.46. The Morgan fingerprint density at radius 2 is 2.27 bits per heavy atom. The van der Waals surface area contributed by atoms with Gasteiger partial charge in [0.2, 0.25) is 0 Å². The summed E-state index contributed by atoms with van der Waals surface area (Å²) >= 11 is 0. The van der Waals surface area contributed by atoms with Crippen molar-refractivity contribution < 1.29 is 14.3 Å². The Morgan fingerprint density at radius 3 is 2.73 bits per heavy atom. The van der Waals surface area contributed by atoms with E-state index in [4.69, 9.17) is 4.74 Å². The fraction of sp³-hybridized carbons (Fsp3) is 0.667. The van der Waals surface area contributed by atoms with E-state index in [9.17, 15) is 9.59 Å². The van der Waals surface area contributed by atoms with Crippen LogP contribution in [0, 0.1) is 11.8 Å². The Morgan fingerprint density at radius 1 is 1.60 bits per heavy atom. The van der Waals surface area contributed by atoms with Gasteiger partial charge in [0.1, 0.15) is 0 Å². The summed E-state index contributed by atoms with van der Waals surface area (Å²) in [6.07, 6.45) is 3.01. The maximum Gasteiger partial charge on any atom is 0.341 e. The standard InChI is InChI=1S/C12H18O3/c1-4-15-12(14)10-6-5-9(8(2)3)7-11(10)13/h6,8-9H,4-5,7H2,1-3H3. The maximum atomic E-state index is 11.7. The van der Waals surface area contributed by atoms with Gasteiger partial charge in [0, 0.05) is 6.42 Å². The van der Waals surface area contributed by atoms with Gasteiger partial charge in [0.25, 0.3) is 0 Å². The lowest BCUT2D eigenvalue weighted by Crippen LogP contribution is -2.24. The number of hydrogen-bond acceptors (Lipinski definition) is 3. The fourth-order valence-electron chi connectivity index (χ4n) is 1.73. The zero-order chi connectivity index (χ0) is 11.4. The number of carbonyl (C=O) groups excluding carboxylic acids is 2. The molecule has 1 aliphatic carbocycles. The third kappa shape index (κ3) is 2.91. The van der Waals surface area contributed by atoms with E-state index in [0.717, 1.165) is 6.42 Å². The number of esters is 1. The Bertz CT molecular complexity index is 289. The Balaban J connectivity index is 2.69. The van der Waals surface area contributed by atoms with Gasteiger partial charge in [-0.05, 0) is 25.2 Å². The van der Waals surface area contributed by atoms with Crippen molar-refractivity contribution >= 4 is 11.8 Å². The summed E-state index contributed by atoms with van der Waals surface area (Å²) in [6, 6.07) is 0. The van der Waals surface area contributed by atoms with Crippen LogP contribution in [-0.4, -0.2) is 18.4 Å². The molecule has 0 aromatic carbocycles. The quantitative estimate of drug-likeness (QED) is 0.529. The molecule has 0 saturated carbocycles. The molecule has 0 bridgehead atoms. The number of Topliss-reactive ketones (excluding diaryl/α,β-unsaturated/α-hetero) is 1. The molecule has 0 heterocycles. The predicted molar refractivity (Wildman–Crippen MR) is 57.3 cm³/mol. The lowest BCUT2D eigenvalue weighted by Gasteiger charge is -2.23. The van der Waals surface area contributed by atoms with Gasteiger partial charge in [-0.25, -0.2) is 4.79 Å². The van der Waals surface area contributed by atoms with E-state index in [-0.39, 0.29) is 11.4 Å². The van der Waals surface area contributed by atoms with E-state index in [0.29, 0.717) is 24.9 Å². The molecule has 0 aromatic rings. The lowest BCUT2D eigenvalue weighted by atomic mass is 9.82. The van der Waals surface area contributed by atoms with Crippen molar-refractivity contribution in [3.8, 4) is 0 Å². The average Bonchev–Trinajstić information content (AvgIpc) is 2.17. The fourth-order valence-corrected chi connectivity index (χ4v) is 1.73. The van der Waals surface area contributed by atoms with Crippen molar-refractivity contribution in [1.82, 2.24) is 0 Å². The molecular formula is C12H18O3. The lowest BCUT2D eigenvalue weighted by molar-refractivity contribution is -0.140. The van der Waals surface area contributed by atoms with Gasteiger partial charge in [-0.2, -0.15) is 0 Å². The summed E-state index contributed by atoms with van der Waals surface area (Å²) in [6.45, 7) is 6.25. The van der Waals surface area contributed by atoms with Crippen LogP contribution < -0.4 is 0 Å². The summed E-state index contributed by atoms with van der Waals surface area (Å²) in [5, 5.41) is 0. The van der Waals surface area contributed by atoms with Crippen LogP contribution in [0.25, 0.3) is 0 Å². The molecular weight excluding hydrogens is 192 g/mol. The zero-order valence-corrected chi connectivity index (χ0v) is 9.58. The first kappa shape index (κ1) is 12.0. The van der Waals surface area contributed by atoms with Crippen molar-refractivity contribution in [2.75, 3.05) is 6.61 Å². The van der Waals surface area contributed by atoms with Gasteiger partial charge in [-0.3, -0.25) is 4.79 Å².